The Morgan fingerprint density at radius 1 is 1.26 bits per heavy atom. The van der Waals surface area contributed by atoms with Gasteiger partial charge in [-0.05, 0) is 18.8 Å². The van der Waals surface area contributed by atoms with Crippen LogP contribution in [-0.4, -0.2) is 44.0 Å². The zero-order valence-corrected chi connectivity index (χ0v) is 12.9. The normalized spacial score (nSPS) is 19.0. The van der Waals surface area contributed by atoms with Crippen LogP contribution in [0.1, 0.15) is 43.9 Å². The van der Waals surface area contributed by atoms with E-state index >= 15 is 0 Å². The van der Waals surface area contributed by atoms with Crippen molar-refractivity contribution in [1.29, 1.82) is 0 Å². The van der Waals surface area contributed by atoms with E-state index in [1.165, 1.54) is 25.7 Å². The Bertz CT molecular complexity index is 675. The van der Waals surface area contributed by atoms with Gasteiger partial charge in [0.2, 0.25) is 17.6 Å². The van der Waals surface area contributed by atoms with Gasteiger partial charge in [-0.2, -0.15) is 4.98 Å². The first-order valence-electron chi connectivity index (χ1n) is 8.17. The maximum Gasteiger partial charge on any atom is 0.233 e. The minimum absolute atomic E-state index is 0.139. The van der Waals surface area contributed by atoms with E-state index in [0.717, 1.165) is 0 Å². The molecule has 0 atom stereocenters. The van der Waals surface area contributed by atoms with E-state index in [9.17, 15) is 4.79 Å². The van der Waals surface area contributed by atoms with E-state index in [-0.39, 0.29) is 11.8 Å². The number of carbonyl (C=O) groups excluding carboxylic acids is 1. The van der Waals surface area contributed by atoms with Crippen molar-refractivity contribution in [3.05, 3.63) is 24.5 Å². The lowest BCUT2D eigenvalue weighted by Crippen LogP contribution is -2.48. The van der Waals surface area contributed by atoms with Gasteiger partial charge < -0.3 is 9.42 Å². The molecule has 2 aliphatic rings. The number of hydrogen-bond donors (Lipinski definition) is 0. The first kappa shape index (κ1) is 14.3. The van der Waals surface area contributed by atoms with Crippen LogP contribution in [0.2, 0.25) is 0 Å². The first-order valence-corrected chi connectivity index (χ1v) is 8.17. The molecule has 7 nitrogen and oxygen atoms in total. The summed E-state index contributed by atoms with van der Waals surface area (Å²) in [6, 6.07) is 0. The van der Waals surface area contributed by atoms with Crippen LogP contribution >= 0.6 is 0 Å². The van der Waals surface area contributed by atoms with Crippen LogP contribution in [0.3, 0.4) is 0 Å². The van der Waals surface area contributed by atoms with Gasteiger partial charge in [-0.3, -0.25) is 9.78 Å². The lowest BCUT2D eigenvalue weighted by molar-refractivity contribution is -0.137. The van der Waals surface area contributed by atoms with Crippen LogP contribution in [0.4, 0.5) is 0 Å². The van der Waals surface area contributed by atoms with E-state index in [1.54, 1.807) is 18.6 Å². The van der Waals surface area contributed by atoms with E-state index in [1.807, 2.05) is 4.90 Å². The van der Waals surface area contributed by atoms with Gasteiger partial charge in [0, 0.05) is 31.9 Å². The maximum absolute atomic E-state index is 12.2. The van der Waals surface area contributed by atoms with Gasteiger partial charge in [0.25, 0.3) is 0 Å². The molecule has 0 bridgehead atoms. The van der Waals surface area contributed by atoms with Gasteiger partial charge in [-0.15, -0.1) is 0 Å². The second kappa shape index (κ2) is 6.06. The average molecular weight is 313 g/mol. The molecule has 1 aliphatic heterocycles. The van der Waals surface area contributed by atoms with Crippen LogP contribution in [0.15, 0.2) is 23.1 Å². The molecule has 2 aromatic rings. The van der Waals surface area contributed by atoms with Gasteiger partial charge in [0.1, 0.15) is 5.69 Å². The average Bonchev–Trinajstić information content (AvgIpc) is 3.18. The second-order valence-electron chi connectivity index (χ2n) is 6.40. The van der Waals surface area contributed by atoms with Gasteiger partial charge in [-0.1, -0.05) is 18.0 Å². The summed E-state index contributed by atoms with van der Waals surface area (Å²) >= 11 is 0. The monoisotopic (exact) mass is 313 g/mol. The maximum atomic E-state index is 12.2. The summed E-state index contributed by atoms with van der Waals surface area (Å²) in [7, 11) is 0. The van der Waals surface area contributed by atoms with Crippen LogP contribution in [0, 0.1) is 5.92 Å². The Labute approximate surface area is 134 Å². The molecule has 2 fully saturated rings. The highest BCUT2D eigenvalue weighted by molar-refractivity contribution is 5.77. The highest BCUT2D eigenvalue weighted by atomic mass is 16.5. The molecule has 0 spiro atoms. The number of likely N-dealkylation sites (tertiary alicyclic amines) is 1. The smallest absolute Gasteiger partial charge is 0.233 e. The lowest BCUT2D eigenvalue weighted by atomic mass is 9.97. The number of rotatable bonds is 4. The molecular formula is C16H19N5O2. The fourth-order valence-electron chi connectivity index (χ4n) is 3.35. The Morgan fingerprint density at radius 2 is 2.09 bits per heavy atom. The number of aromatic nitrogens is 4. The molecular weight excluding hydrogens is 294 g/mol. The largest absolute Gasteiger partial charge is 0.341 e. The number of amides is 1. The molecule has 0 unspecified atom stereocenters. The fourth-order valence-corrected chi connectivity index (χ4v) is 3.35. The summed E-state index contributed by atoms with van der Waals surface area (Å²) in [5.74, 6) is 2.02. The molecule has 2 aromatic heterocycles. The molecule has 1 aliphatic carbocycles. The fraction of sp³-hybridized carbons (Fsp3) is 0.562. The van der Waals surface area contributed by atoms with Gasteiger partial charge in [0.15, 0.2) is 0 Å². The highest BCUT2D eigenvalue weighted by Crippen LogP contribution is 2.31. The Balaban J connectivity index is 1.33. The minimum Gasteiger partial charge on any atom is -0.341 e. The van der Waals surface area contributed by atoms with Crippen LogP contribution < -0.4 is 0 Å². The van der Waals surface area contributed by atoms with E-state index in [0.29, 0.717) is 42.8 Å². The van der Waals surface area contributed by atoms with E-state index in [2.05, 4.69) is 20.1 Å². The highest BCUT2D eigenvalue weighted by Gasteiger charge is 2.36. The molecule has 0 radical (unpaired) electrons. The van der Waals surface area contributed by atoms with Gasteiger partial charge >= 0.3 is 0 Å². The molecule has 23 heavy (non-hydrogen) atoms. The zero-order valence-electron chi connectivity index (χ0n) is 12.9. The SMILES string of the molecule is O=C(CC1CCCC1)N1CC(c2nc(-c3cnccn3)no2)C1. The number of carbonyl (C=O) groups is 1. The summed E-state index contributed by atoms with van der Waals surface area (Å²) in [5, 5.41) is 3.95. The number of nitrogens with zero attached hydrogens (tertiary/aromatic N) is 5. The van der Waals surface area contributed by atoms with Gasteiger partial charge in [-0.25, -0.2) is 4.98 Å². The topological polar surface area (TPSA) is 85.0 Å². The molecule has 1 amide bonds. The zero-order chi connectivity index (χ0) is 15.6. The van der Waals surface area contributed by atoms with Crippen molar-refractivity contribution in [3.63, 3.8) is 0 Å². The van der Waals surface area contributed by atoms with Crippen molar-refractivity contribution in [2.45, 2.75) is 38.0 Å². The van der Waals surface area contributed by atoms with Gasteiger partial charge in [0.05, 0.1) is 12.1 Å². The Morgan fingerprint density at radius 3 is 2.83 bits per heavy atom. The van der Waals surface area contributed by atoms with Crippen molar-refractivity contribution < 1.29 is 9.32 Å². The third-order valence-corrected chi connectivity index (χ3v) is 4.76. The molecule has 120 valence electrons. The predicted molar refractivity (Wildman–Crippen MR) is 81.2 cm³/mol. The summed E-state index contributed by atoms with van der Waals surface area (Å²) in [4.78, 5) is 26.7. The number of hydrogen-bond acceptors (Lipinski definition) is 6. The summed E-state index contributed by atoms with van der Waals surface area (Å²) in [6.07, 6.45) is 10.4. The van der Waals surface area contributed by atoms with Crippen LogP contribution in [-0.2, 0) is 4.79 Å². The second-order valence-corrected chi connectivity index (χ2v) is 6.40. The summed E-state index contributed by atoms with van der Waals surface area (Å²) < 4.78 is 5.32. The molecule has 1 saturated heterocycles. The molecule has 7 heteroatoms. The van der Waals surface area contributed by atoms with E-state index in [4.69, 9.17) is 4.52 Å². The Kier molecular flexibility index (Phi) is 3.77. The molecule has 4 rings (SSSR count). The third-order valence-electron chi connectivity index (χ3n) is 4.76. The first-order chi connectivity index (χ1) is 11.3. The van der Waals surface area contributed by atoms with Crippen molar-refractivity contribution >= 4 is 5.91 Å². The summed E-state index contributed by atoms with van der Waals surface area (Å²) in [6.45, 7) is 1.35. The Hall–Kier alpha value is -2.31. The van der Waals surface area contributed by atoms with Crippen molar-refractivity contribution in [2.24, 2.45) is 5.92 Å². The minimum atomic E-state index is 0.139. The molecule has 1 saturated carbocycles. The van der Waals surface area contributed by atoms with Crippen LogP contribution in [0.25, 0.3) is 11.5 Å². The predicted octanol–water partition coefficient (Wildman–Crippen LogP) is 2.03. The molecule has 0 aromatic carbocycles. The van der Waals surface area contributed by atoms with Crippen molar-refractivity contribution in [1.82, 2.24) is 25.0 Å². The summed E-state index contributed by atoms with van der Waals surface area (Å²) in [5.41, 5.74) is 0.594. The third kappa shape index (κ3) is 2.95. The van der Waals surface area contributed by atoms with Crippen molar-refractivity contribution in [2.75, 3.05) is 13.1 Å². The lowest BCUT2D eigenvalue weighted by Gasteiger charge is -2.37. The molecule has 0 N–H and O–H groups in total. The van der Waals surface area contributed by atoms with Crippen molar-refractivity contribution in [3.8, 4) is 11.5 Å². The van der Waals surface area contributed by atoms with Crippen LogP contribution in [0.5, 0.6) is 0 Å². The van der Waals surface area contributed by atoms with E-state index < -0.39 is 0 Å². The standard InChI is InChI=1S/C16H19N5O2/c22-14(7-11-3-1-2-4-11)21-9-12(10-21)16-19-15(20-23-16)13-8-17-5-6-18-13/h5-6,8,11-12H,1-4,7,9-10H2. The molecule has 3 heterocycles. The quantitative estimate of drug-likeness (QED) is 0.858.